The van der Waals surface area contributed by atoms with Crippen LogP contribution in [0.2, 0.25) is 0 Å². The highest BCUT2D eigenvalue weighted by molar-refractivity contribution is 6.55. The van der Waals surface area contributed by atoms with Gasteiger partial charge in [0.1, 0.15) is 5.65 Å². The lowest BCUT2D eigenvalue weighted by molar-refractivity contribution is 0.00578. The van der Waals surface area contributed by atoms with Crippen LogP contribution in [-0.2, 0) is 9.31 Å². The topological polar surface area (TPSA) is 90.2 Å². The van der Waals surface area contributed by atoms with Gasteiger partial charge in [-0.1, -0.05) is 6.08 Å². The maximum atomic E-state index is 11.1. The number of nitrogens with zero attached hydrogens (tertiary/aromatic N) is 1. The average molecular weight is 327 g/mol. The molecule has 3 N–H and O–H groups in total. The Balaban J connectivity index is 1.95. The molecule has 2 aromatic heterocycles. The van der Waals surface area contributed by atoms with Gasteiger partial charge in [-0.15, -0.1) is 0 Å². The van der Waals surface area contributed by atoms with Gasteiger partial charge >= 0.3 is 7.12 Å². The van der Waals surface area contributed by atoms with E-state index in [-0.39, 0.29) is 0 Å². The molecule has 1 aliphatic heterocycles. The van der Waals surface area contributed by atoms with Gasteiger partial charge < -0.3 is 20.0 Å². The second-order valence-corrected chi connectivity index (χ2v) is 7.04. The number of hydrogen-bond acceptors (Lipinski definition) is 5. The fourth-order valence-electron chi connectivity index (χ4n) is 2.65. The van der Waals surface area contributed by atoms with Gasteiger partial charge in [0.05, 0.1) is 11.2 Å². The lowest BCUT2D eigenvalue weighted by Crippen LogP contribution is -2.41. The Hall–Kier alpha value is -1.96. The number of pyridine rings is 1. The molecule has 0 aliphatic carbocycles. The van der Waals surface area contributed by atoms with E-state index in [1.54, 1.807) is 12.4 Å². The van der Waals surface area contributed by atoms with Gasteiger partial charge in [-0.05, 0) is 44.8 Å². The largest absolute Gasteiger partial charge is 0.491 e. The van der Waals surface area contributed by atoms with Gasteiger partial charge in [0.15, 0.2) is 6.29 Å². The van der Waals surface area contributed by atoms with Crippen molar-refractivity contribution < 1.29 is 14.1 Å². The maximum Gasteiger partial charge on any atom is 0.491 e. The molecule has 0 atom stereocenters. The molecule has 0 spiro atoms. The van der Waals surface area contributed by atoms with E-state index in [2.05, 4.69) is 9.97 Å². The van der Waals surface area contributed by atoms with Crippen LogP contribution in [0.1, 0.15) is 43.6 Å². The van der Waals surface area contributed by atoms with Gasteiger partial charge in [0.2, 0.25) is 0 Å². The molecule has 6 nitrogen and oxygen atoms in total. The molecule has 2 aromatic rings. The van der Waals surface area contributed by atoms with E-state index in [1.807, 2.05) is 39.8 Å². The predicted octanol–water partition coefficient (Wildman–Crippen LogP) is 2.35. The third-order valence-corrected chi connectivity index (χ3v) is 4.85. The van der Waals surface area contributed by atoms with E-state index in [4.69, 9.17) is 15.0 Å². The fraction of sp³-hybridized carbons (Fsp3) is 0.412. The Morgan fingerprint density at radius 2 is 2.00 bits per heavy atom. The van der Waals surface area contributed by atoms with Crippen molar-refractivity contribution in [2.75, 3.05) is 6.54 Å². The summed E-state index contributed by atoms with van der Waals surface area (Å²) >= 11 is 0. The molecule has 1 fully saturated rings. The third kappa shape index (κ3) is 2.79. The summed E-state index contributed by atoms with van der Waals surface area (Å²) in [5.74, 6) is 0. The molecule has 126 valence electrons. The number of fused-ring (bicyclic) bond motifs is 1. The number of aromatic nitrogens is 2. The lowest BCUT2D eigenvalue weighted by atomic mass is 9.77. The fourth-order valence-corrected chi connectivity index (χ4v) is 2.65. The zero-order valence-corrected chi connectivity index (χ0v) is 14.4. The van der Waals surface area contributed by atoms with Crippen molar-refractivity contribution in [2.45, 2.75) is 38.9 Å². The smallest absolute Gasteiger partial charge is 0.400 e. The van der Waals surface area contributed by atoms with Crippen LogP contribution in [0.5, 0.6) is 0 Å². The summed E-state index contributed by atoms with van der Waals surface area (Å²) in [6, 6.07) is 1.91. The lowest BCUT2D eigenvalue weighted by Gasteiger charge is -2.32. The van der Waals surface area contributed by atoms with Crippen molar-refractivity contribution in [3.05, 3.63) is 35.1 Å². The number of aldehydes is 1. The van der Waals surface area contributed by atoms with Crippen LogP contribution < -0.4 is 5.73 Å². The van der Waals surface area contributed by atoms with Gasteiger partial charge in [0.25, 0.3) is 0 Å². The van der Waals surface area contributed by atoms with Gasteiger partial charge in [-0.2, -0.15) is 0 Å². The molecule has 0 radical (unpaired) electrons. The van der Waals surface area contributed by atoms with Crippen LogP contribution >= 0.6 is 0 Å². The Morgan fingerprint density at radius 1 is 1.33 bits per heavy atom. The minimum Gasteiger partial charge on any atom is -0.400 e. The third-order valence-electron chi connectivity index (χ3n) is 4.85. The second kappa shape index (κ2) is 5.84. The minimum atomic E-state index is -0.493. The van der Waals surface area contributed by atoms with Crippen molar-refractivity contribution in [3.8, 4) is 0 Å². The molecule has 24 heavy (non-hydrogen) atoms. The van der Waals surface area contributed by atoms with E-state index in [0.29, 0.717) is 17.8 Å². The molecule has 1 aliphatic rings. The first-order chi connectivity index (χ1) is 11.3. The highest BCUT2D eigenvalue weighted by Crippen LogP contribution is 2.38. The summed E-state index contributed by atoms with van der Waals surface area (Å²) in [5, 5.41) is 0.782. The van der Waals surface area contributed by atoms with Crippen molar-refractivity contribution in [2.24, 2.45) is 5.73 Å². The molecular weight excluding hydrogens is 305 g/mol. The van der Waals surface area contributed by atoms with Gasteiger partial charge in [-0.25, -0.2) is 4.98 Å². The number of carbonyl (C=O) groups is 1. The van der Waals surface area contributed by atoms with Gasteiger partial charge in [0, 0.05) is 29.9 Å². The molecule has 3 rings (SSSR count). The molecule has 0 unspecified atom stereocenters. The number of carbonyl (C=O) groups excluding carboxylic acids is 1. The molecular formula is C17H22BN3O3. The quantitative estimate of drug-likeness (QED) is 0.664. The molecule has 0 aromatic carbocycles. The molecule has 0 amide bonds. The normalized spacial score (nSPS) is 19.9. The summed E-state index contributed by atoms with van der Waals surface area (Å²) in [6.45, 7) is 8.33. The Kier molecular flexibility index (Phi) is 4.11. The highest BCUT2D eigenvalue weighted by Gasteiger charge is 2.52. The minimum absolute atomic E-state index is 0.308. The van der Waals surface area contributed by atoms with Crippen molar-refractivity contribution in [1.82, 2.24) is 9.97 Å². The predicted molar refractivity (Wildman–Crippen MR) is 94.6 cm³/mol. The average Bonchev–Trinajstić information content (AvgIpc) is 3.02. The van der Waals surface area contributed by atoms with Crippen LogP contribution in [0, 0.1) is 0 Å². The summed E-state index contributed by atoms with van der Waals surface area (Å²) in [7, 11) is -0.493. The molecule has 1 saturated heterocycles. The monoisotopic (exact) mass is 327 g/mol. The number of aromatic amines is 1. The Bertz CT molecular complexity index is 795. The summed E-state index contributed by atoms with van der Waals surface area (Å²) in [4.78, 5) is 18.4. The number of rotatable bonds is 4. The van der Waals surface area contributed by atoms with Crippen molar-refractivity contribution in [1.29, 1.82) is 0 Å². The molecule has 3 heterocycles. The summed E-state index contributed by atoms with van der Waals surface area (Å²) in [5.41, 5.74) is 8.02. The van der Waals surface area contributed by atoms with Crippen LogP contribution in [0.3, 0.4) is 0 Å². The van der Waals surface area contributed by atoms with Crippen LogP contribution in [0.15, 0.2) is 23.9 Å². The Morgan fingerprint density at radius 3 is 2.58 bits per heavy atom. The van der Waals surface area contributed by atoms with Crippen molar-refractivity contribution >= 4 is 30.5 Å². The maximum absolute atomic E-state index is 11.1. The first kappa shape index (κ1) is 16.9. The highest BCUT2D eigenvalue weighted by atomic mass is 16.7. The number of H-pyrrole nitrogens is 1. The Labute approximate surface area is 141 Å². The first-order valence-electron chi connectivity index (χ1n) is 7.96. The van der Waals surface area contributed by atoms with Crippen molar-refractivity contribution in [3.63, 3.8) is 0 Å². The standard InChI is InChI=1S/C17H22BN3O3/c1-16(2)17(3,4)24-18(23-16)13(7-19)5-11-6-14-12(10-22)9-21-15(14)20-8-11/h5-6,8-10H,7,19H2,1-4H3,(H,20,21). The summed E-state index contributed by atoms with van der Waals surface area (Å²) in [6.07, 6.45) is 6.10. The molecule has 7 heteroatoms. The van der Waals surface area contributed by atoms with Crippen LogP contribution in [0.4, 0.5) is 0 Å². The number of hydrogen-bond donors (Lipinski definition) is 2. The first-order valence-corrected chi connectivity index (χ1v) is 7.96. The van der Waals surface area contributed by atoms with E-state index < -0.39 is 18.3 Å². The SMILES string of the molecule is CC1(C)OB(C(=Cc2cnc3[nH]cc(C=O)c3c2)CN)OC1(C)C. The van der Waals surface area contributed by atoms with Crippen LogP contribution in [-0.4, -0.2) is 41.1 Å². The zero-order valence-electron chi connectivity index (χ0n) is 14.4. The van der Waals surface area contributed by atoms with Gasteiger partial charge in [-0.3, -0.25) is 4.79 Å². The zero-order chi connectivity index (χ0) is 17.5. The van der Waals surface area contributed by atoms with E-state index in [9.17, 15) is 4.79 Å². The number of nitrogens with one attached hydrogen (secondary N) is 1. The molecule has 0 saturated carbocycles. The molecule has 0 bridgehead atoms. The van der Waals surface area contributed by atoms with E-state index in [0.717, 1.165) is 22.7 Å². The van der Waals surface area contributed by atoms with E-state index in [1.165, 1.54) is 0 Å². The number of nitrogens with two attached hydrogens (primary N) is 1. The van der Waals surface area contributed by atoms with E-state index >= 15 is 0 Å². The van der Waals surface area contributed by atoms with Crippen LogP contribution in [0.25, 0.3) is 17.1 Å². The second-order valence-electron chi connectivity index (χ2n) is 7.04. The summed E-state index contributed by atoms with van der Waals surface area (Å²) < 4.78 is 12.1.